The number of rotatable bonds is 7. The first-order valence-corrected chi connectivity index (χ1v) is 10.0. The van der Waals surface area contributed by atoms with Gasteiger partial charge in [-0.1, -0.05) is 19.1 Å². The molecule has 4 rings (SSSR count). The fraction of sp³-hybridized carbons (Fsp3) is 0.292. The van der Waals surface area contributed by atoms with E-state index >= 15 is 0 Å². The van der Waals surface area contributed by atoms with Crippen LogP contribution >= 0.6 is 0 Å². The van der Waals surface area contributed by atoms with Gasteiger partial charge in [0.15, 0.2) is 0 Å². The van der Waals surface area contributed by atoms with Crippen LogP contribution in [0.2, 0.25) is 0 Å². The van der Waals surface area contributed by atoms with Crippen molar-refractivity contribution >= 4 is 21.8 Å². The highest BCUT2D eigenvalue weighted by atomic mass is 16.5. The van der Waals surface area contributed by atoms with Gasteiger partial charge in [0.05, 0.1) is 12.8 Å². The van der Waals surface area contributed by atoms with Gasteiger partial charge in [0, 0.05) is 28.0 Å². The maximum Gasteiger partial charge on any atom is 0.145 e. The lowest BCUT2D eigenvalue weighted by Gasteiger charge is -2.11. The van der Waals surface area contributed by atoms with Crippen molar-refractivity contribution in [1.82, 2.24) is 9.97 Å². The van der Waals surface area contributed by atoms with Crippen molar-refractivity contribution in [3.8, 4) is 17.0 Å². The SMILES string of the molecule is CCc1ccc2[nH]c(-c3ccc(OC)c4ncccc34)c(CCCCN)c2c1. The molecular weight excluding hydrogens is 346 g/mol. The minimum atomic E-state index is 0.729. The number of pyridine rings is 1. The molecule has 144 valence electrons. The lowest BCUT2D eigenvalue weighted by Crippen LogP contribution is -1.99. The summed E-state index contributed by atoms with van der Waals surface area (Å²) >= 11 is 0. The van der Waals surface area contributed by atoms with Crippen LogP contribution in [0.25, 0.3) is 33.1 Å². The van der Waals surface area contributed by atoms with Crippen LogP contribution in [0.4, 0.5) is 0 Å². The number of fused-ring (bicyclic) bond motifs is 2. The molecule has 0 aliphatic rings. The Hall–Kier alpha value is -2.85. The van der Waals surface area contributed by atoms with E-state index in [1.54, 1.807) is 7.11 Å². The Bertz CT molecular complexity index is 1110. The number of nitrogens with zero attached hydrogens (tertiary/aromatic N) is 1. The fourth-order valence-corrected chi connectivity index (χ4v) is 3.98. The molecule has 4 nitrogen and oxygen atoms in total. The molecule has 0 aliphatic heterocycles. The normalized spacial score (nSPS) is 11.4. The molecule has 4 aromatic rings. The summed E-state index contributed by atoms with van der Waals surface area (Å²) in [7, 11) is 1.69. The Morgan fingerprint density at radius 2 is 1.96 bits per heavy atom. The topological polar surface area (TPSA) is 63.9 Å². The second-order valence-electron chi connectivity index (χ2n) is 7.17. The second kappa shape index (κ2) is 8.03. The monoisotopic (exact) mass is 373 g/mol. The van der Waals surface area contributed by atoms with Crippen LogP contribution in [0.5, 0.6) is 5.75 Å². The number of benzene rings is 2. The third-order valence-electron chi connectivity index (χ3n) is 5.48. The van der Waals surface area contributed by atoms with E-state index in [1.165, 1.54) is 33.3 Å². The van der Waals surface area contributed by atoms with E-state index in [2.05, 4.69) is 47.2 Å². The molecule has 0 aliphatic carbocycles. The Labute approximate surface area is 165 Å². The van der Waals surface area contributed by atoms with Gasteiger partial charge in [-0.05, 0) is 73.7 Å². The van der Waals surface area contributed by atoms with E-state index in [0.717, 1.165) is 48.9 Å². The van der Waals surface area contributed by atoms with Gasteiger partial charge < -0.3 is 15.5 Å². The van der Waals surface area contributed by atoms with E-state index in [0.29, 0.717) is 0 Å². The molecule has 3 N–H and O–H groups in total. The lowest BCUT2D eigenvalue weighted by atomic mass is 9.96. The average Bonchev–Trinajstić information content (AvgIpc) is 3.10. The Balaban J connectivity index is 1.95. The van der Waals surface area contributed by atoms with Crippen molar-refractivity contribution in [3.63, 3.8) is 0 Å². The zero-order chi connectivity index (χ0) is 19.5. The minimum Gasteiger partial charge on any atom is -0.494 e. The number of aromatic nitrogens is 2. The number of nitrogens with one attached hydrogen (secondary N) is 1. The van der Waals surface area contributed by atoms with Crippen molar-refractivity contribution in [2.45, 2.75) is 32.6 Å². The van der Waals surface area contributed by atoms with Crippen LogP contribution in [-0.4, -0.2) is 23.6 Å². The van der Waals surface area contributed by atoms with Crippen molar-refractivity contribution in [3.05, 3.63) is 59.8 Å². The average molecular weight is 374 g/mol. The summed E-state index contributed by atoms with van der Waals surface area (Å²) in [6.45, 7) is 2.93. The van der Waals surface area contributed by atoms with Gasteiger partial charge in [-0.25, -0.2) is 0 Å². The summed E-state index contributed by atoms with van der Waals surface area (Å²) < 4.78 is 5.53. The molecule has 2 aromatic carbocycles. The zero-order valence-corrected chi connectivity index (χ0v) is 16.6. The Kier molecular flexibility index (Phi) is 5.31. The number of hydrogen-bond donors (Lipinski definition) is 2. The van der Waals surface area contributed by atoms with Crippen molar-refractivity contribution in [2.24, 2.45) is 5.73 Å². The molecule has 0 bridgehead atoms. The maximum atomic E-state index is 5.75. The fourth-order valence-electron chi connectivity index (χ4n) is 3.98. The number of methoxy groups -OCH3 is 1. The largest absolute Gasteiger partial charge is 0.494 e. The Morgan fingerprint density at radius 3 is 2.75 bits per heavy atom. The smallest absolute Gasteiger partial charge is 0.145 e. The van der Waals surface area contributed by atoms with Crippen molar-refractivity contribution in [1.29, 1.82) is 0 Å². The quantitative estimate of drug-likeness (QED) is 0.436. The van der Waals surface area contributed by atoms with E-state index < -0.39 is 0 Å². The third-order valence-corrected chi connectivity index (χ3v) is 5.48. The maximum absolute atomic E-state index is 5.75. The highest BCUT2D eigenvalue weighted by molar-refractivity contribution is 6.01. The van der Waals surface area contributed by atoms with Crippen LogP contribution in [0.1, 0.15) is 30.9 Å². The zero-order valence-electron chi connectivity index (χ0n) is 16.6. The Morgan fingerprint density at radius 1 is 1.07 bits per heavy atom. The molecule has 0 spiro atoms. The van der Waals surface area contributed by atoms with E-state index in [9.17, 15) is 0 Å². The van der Waals surface area contributed by atoms with Crippen LogP contribution in [0, 0.1) is 0 Å². The highest BCUT2D eigenvalue weighted by Gasteiger charge is 2.17. The molecule has 2 aromatic heterocycles. The second-order valence-corrected chi connectivity index (χ2v) is 7.17. The molecule has 0 saturated heterocycles. The number of nitrogens with two attached hydrogens (primary N) is 1. The first-order chi connectivity index (χ1) is 13.8. The van der Waals surface area contributed by atoms with Crippen molar-refractivity contribution < 1.29 is 4.74 Å². The standard InChI is InChI=1S/C24H27N3O/c1-3-16-9-11-21-20(15-16)18(7-4-5-13-25)23(27-21)19-10-12-22(28-2)24-17(19)8-6-14-26-24/h6,8-12,14-15,27H,3-5,7,13,25H2,1-2H3. The molecule has 0 amide bonds. The summed E-state index contributed by atoms with van der Waals surface area (Å²) in [5, 5.41) is 2.42. The molecule has 0 radical (unpaired) electrons. The summed E-state index contributed by atoms with van der Waals surface area (Å²) in [5.41, 5.74) is 12.9. The molecule has 0 atom stereocenters. The molecular formula is C24H27N3O. The van der Waals surface area contributed by atoms with Crippen LogP contribution in [0.3, 0.4) is 0 Å². The molecule has 0 unspecified atom stereocenters. The number of hydrogen-bond acceptors (Lipinski definition) is 3. The molecule has 0 saturated carbocycles. The van der Waals surface area contributed by atoms with E-state index in [-0.39, 0.29) is 0 Å². The van der Waals surface area contributed by atoms with E-state index in [1.807, 2.05) is 18.3 Å². The van der Waals surface area contributed by atoms with Crippen LogP contribution in [0.15, 0.2) is 48.7 Å². The predicted octanol–water partition coefficient (Wildman–Crippen LogP) is 5.24. The minimum absolute atomic E-state index is 0.729. The number of ether oxygens (including phenoxy) is 1. The highest BCUT2D eigenvalue weighted by Crippen LogP contribution is 2.38. The summed E-state index contributed by atoms with van der Waals surface area (Å²) in [4.78, 5) is 8.26. The van der Waals surface area contributed by atoms with Crippen molar-refractivity contribution in [2.75, 3.05) is 13.7 Å². The van der Waals surface area contributed by atoms with E-state index in [4.69, 9.17) is 10.5 Å². The summed E-state index contributed by atoms with van der Waals surface area (Å²) in [5.74, 6) is 0.799. The molecule has 0 fully saturated rings. The number of aromatic amines is 1. The summed E-state index contributed by atoms with van der Waals surface area (Å²) in [6, 6.07) is 15.0. The van der Waals surface area contributed by atoms with Gasteiger partial charge in [0.2, 0.25) is 0 Å². The van der Waals surface area contributed by atoms with Gasteiger partial charge in [-0.15, -0.1) is 0 Å². The van der Waals surface area contributed by atoms with Gasteiger partial charge in [-0.2, -0.15) is 0 Å². The summed E-state index contributed by atoms with van der Waals surface area (Å²) in [6.07, 6.45) is 5.97. The number of aryl methyl sites for hydroxylation is 2. The molecule has 2 heterocycles. The van der Waals surface area contributed by atoms with Crippen LogP contribution in [-0.2, 0) is 12.8 Å². The predicted molar refractivity (Wildman–Crippen MR) is 117 cm³/mol. The number of unbranched alkanes of at least 4 members (excludes halogenated alkanes) is 1. The van der Waals surface area contributed by atoms with Gasteiger partial charge in [0.25, 0.3) is 0 Å². The first-order valence-electron chi connectivity index (χ1n) is 10.0. The number of H-pyrrole nitrogens is 1. The van der Waals surface area contributed by atoms with Gasteiger partial charge in [0.1, 0.15) is 11.3 Å². The molecule has 4 heteroatoms. The third kappa shape index (κ3) is 3.25. The van der Waals surface area contributed by atoms with Crippen LogP contribution < -0.4 is 10.5 Å². The van der Waals surface area contributed by atoms with Gasteiger partial charge >= 0.3 is 0 Å². The van der Waals surface area contributed by atoms with Gasteiger partial charge in [-0.3, -0.25) is 4.98 Å². The lowest BCUT2D eigenvalue weighted by molar-refractivity contribution is 0.419. The molecule has 28 heavy (non-hydrogen) atoms. The first kappa shape index (κ1) is 18.5.